The van der Waals surface area contributed by atoms with E-state index in [1.54, 1.807) is 4.90 Å². The average Bonchev–Trinajstić information content (AvgIpc) is 2.47. The Morgan fingerprint density at radius 1 is 1.30 bits per heavy atom. The largest absolute Gasteiger partial charge is 0.481 e. The molecule has 0 radical (unpaired) electrons. The molecule has 5 heteroatoms. The summed E-state index contributed by atoms with van der Waals surface area (Å²) >= 11 is 0. The highest BCUT2D eigenvalue weighted by atomic mass is 16.4. The van der Waals surface area contributed by atoms with Gasteiger partial charge in [0.15, 0.2) is 0 Å². The third-order valence-corrected chi connectivity index (χ3v) is 4.69. The molecule has 116 valence electrons. The molecule has 1 unspecified atom stereocenters. The molecular weight excluding hydrogens is 256 g/mol. The number of amides is 2. The molecule has 1 saturated heterocycles. The Balaban J connectivity index is 2.58. The van der Waals surface area contributed by atoms with Crippen LogP contribution in [-0.2, 0) is 4.79 Å². The monoisotopic (exact) mass is 284 g/mol. The van der Waals surface area contributed by atoms with Crippen molar-refractivity contribution in [1.29, 1.82) is 0 Å². The molecule has 2 N–H and O–H groups in total. The lowest BCUT2D eigenvalue weighted by atomic mass is 9.78. The molecule has 1 rings (SSSR count). The normalized spacial score (nSPS) is 22.9. The maximum atomic E-state index is 12.2. The van der Waals surface area contributed by atoms with Crippen LogP contribution in [0.15, 0.2) is 0 Å². The second-order valence-corrected chi connectivity index (χ2v) is 5.83. The first kappa shape index (κ1) is 16.8. The highest BCUT2D eigenvalue weighted by molar-refractivity contribution is 5.78. The van der Waals surface area contributed by atoms with Gasteiger partial charge in [-0.15, -0.1) is 0 Å². The van der Waals surface area contributed by atoms with Crippen LogP contribution in [0.5, 0.6) is 0 Å². The zero-order chi connectivity index (χ0) is 15.2. The summed E-state index contributed by atoms with van der Waals surface area (Å²) in [5, 5.41) is 12.4. The topological polar surface area (TPSA) is 69.6 Å². The molecule has 1 aliphatic rings. The molecule has 5 nitrogen and oxygen atoms in total. The molecule has 0 spiro atoms. The van der Waals surface area contributed by atoms with Gasteiger partial charge < -0.3 is 15.3 Å². The van der Waals surface area contributed by atoms with Crippen molar-refractivity contribution in [2.24, 2.45) is 11.3 Å². The Bertz CT molecular complexity index is 342. The van der Waals surface area contributed by atoms with Crippen LogP contribution in [0.1, 0.15) is 52.9 Å². The van der Waals surface area contributed by atoms with E-state index < -0.39 is 11.4 Å². The fourth-order valence-corrected chi connectivity index (χ4v) is 2.84. The quantitative estimate of drug-likeness (QED) is 0.788. The SMILES string of the molecule is CCC(CC)CNC(=O)N1CCCC(CC)(C(=O)O)C1. The van der Waals surface area contributed by atoms with Crippen molar-refractivity contribution in [3.8, 4) is 0 Å². The first-order chi connectivity index (χ1) is 9.49. The van der Waals surface area contributed by atoms with Crippen LogP contribution in [0.3, 0.4) is 0 Å². The van der Waals surface area contributed by atoms with Gasteiger partial charge in [0.05, 0.1) is 5.41 Å². The minimum Gasteiger partial charge on any atom is -0.481 e. The summed E-state index contributed by atoms with van der Waals surface area (Å²) in [7, 11) is 0. The molecule has 0 bridgehead atoms. The van der Waals surface area contributed by atoms with Gasteiger partial charge in [0.25, 0.3) is 0 Å². The van der Waals surface area contributed by atoms with Gasteiger partial charge >= 0.3 is 12.0 Å². The summed E-state index contributed by atoms with van der Waals surface area (Å²) in [5.41, 5.74) is -0.759. The van der Waals surface area contributed by atoms with Gasteiger partial charge in [0.1, 0.15) is 0 Å². The number of nitrogens with one attached hydrogen (secondary N) is 1. The first-order valence-corrected chi connectivity index (χ1v) is 7.75. The summed E-state index contributed by atoms with van der Waals surface area (Å²) in [4.78, 5) is 25.3. The van der Waals surface area contributed by atoms with Crippen LogP contribution in [0.2, 0.25) is 0 Å². The van der Waals surface area contributed by atoms with Gasteiger partial charge in [-0.2, -0.15) is 0 Å². The molecule has 0 aliphatic carbocycles. The van der Waals surface area contributed by atoms with Gasteiger partial charge in [0.2, 0.25) is 0 Å². The zero-order valence-corrected chi connectivity index (χ0v) is 12.9. The number of rotatable bonds is 6. The van der Waals surface area contributed by atoms with Crippen molar-refractivity contribution < 1.29 is 14.7 Å². The third kappa shape index (κ3) is 3.87. The summed E-state index contributed by atoms with van der Waals surface area (Å²) in [6.45, 7) is 7.78. The van der Waals surface area contributed by atoms with E-state index >= 15 is 0 Å². The molecule has 1 heterocycles. The van der Waals surface area contributed by atoms with Gasteiger partial charge in [-0.05, 0) is 25.2 Å². The molecule has 1 fully saturated rings. The van der Waals surface area contributed by atoms with Crippen LogP contribution in [0.4, 0.5) is 4.79 Å². The van der Waals surface area contributed by atoms with Crippen molar-refractivity contribution in [3.05, 3.63) is 0 Å². The molecule has 0 saturated carbocycles. The predicted molar refractivity (Wildman–Crippen MR) is 78.6 cm³/mol. The van der Waals surface area contributed by atoms with Crippen LogP contribution >= 0.6 is 0 Å². The average molecular weight is 284 g/mol. The number of urea groups is 1. The highest BCUT2D eigenvalue weighted by Gasteiger charge is 2.42. The van der Waals surface area contributed by atoms with E-state index in [1.165, 1.54) is 0 Å². The van der Waals surface area contributed by atoms with Crippen molar-refractivity contribution in [2.45, 2.75) is 52.9 Å². The van der Waals surface area contributed by atoms with Gasteiger partial charge in [-0.3, -0.25) is 4.79 Å². The fraction of sp³-hybridized carbons (Fsp3) is 0.867. The van der Waals surface area contributed by atoms with Crippen molar-refractivity contribution in [1.82, 2.24) is 10.2 Å². The highest BCUT2D eigenvalue weighted by Crippen LogP contribution is 2.33. The minimum absolute atomic E-state index is 0.115. The Hall–Kier alpha value is -1.26. The standard InChI is InChI=1S/C15H28N2O3/c1-4-12(5-2)10-16-14(20)17-9-7-8-15(6-3,11-17)13(18)19/h12H,4-11H2,1-3H3,(H,16,20)(H,18,19). The van der Waals surface area contributed by atoms with Crippen LogP contribution in [0, 0.1) is 11.3 Å². The van der Waals surface area contributed by atoms with E-state index in [1.807, 2.05) is 6.92 Å². The number of carbonyl (C=O) groups excluding carboxylic acids is 1. The molecule has 20 heavy (non-hydrogen) atoms. The Kier molecular flexibility index (Phi) is 6.30. The number of aliphatic carboxylic acids is 1. The van der Waals surface area contributed by atoms with Gasteiger partial charge in [-0.25, -0.2) is 4.79 Å². The van der Waals surface area contributed by atoms with E-state index in [-0.39, 0.29) is 6.03 Å². The molecule has 1 atom stereocenters. The minimum atomic E-state index is -0.780. The first-order valence-electron chi connectivity index (χ1n) is 7.75. The Morgan fingerprint density at radius 2 is 1.95 bits per heavy atom. The number of carboxylic acids is 1. The number of piperidine rings is 1. The van der Waals surface area contributed by atoms with Crippen molar-refractivity contribution in [2.75, 3.05) is 19.6 Å². The smallest absolute Gasteiger partial charge is 0.317 e. The molecule has 0 aromatic rings. The number of carbonyl (C=O) groups is 2. The molecular formula is C15H28N2O3. The number of hydrogen-bond acceptors (Lipinski definition) is 2. The third-order valence-electron chi connectivity index (χ3n) is 4.69. The molecule has 2 amide bonds. The predicted octanol–water partition coefficient (Wildman–Crippen LogP) is 2.71. The van der Waals surface area contributed by atoms with Gasteiger partial charge in [-0.1, -0.05) is 33.6 Å². The summed E-state index contributed by atoms with van der Waals surface area (Å²) < 4.78 is 0. The number of likely N-dealkylation sites (tertiary alicyclic amines) is 1. The fourth-order valence-electron chi connectivity index (χ4n) is 2.84. The summed E-state index contributed by atoms with van der Waals surface area (Å²) in [5.74, 6) is -0.281. The maximum absolute atomic E-state index is 12.2. The van der Waals surface area contributed by atoms with Crippen LogP contribution in [-0.4, -0.2) is 41.6 Å². The summed E-state index contributed by atoms with van der Waals surface area (Å²) in [6, 6.07) is -0.115. The lowest BCUT2D eigenvalue weighted by molar-refractivity contribution is -0.152. The van der Waals surface area contributed by atoms with Crippen molar-refractivity contribution in [3.63, 3.8) is 0 Å². The molecule has 0 aromatic carbocycles. The van der Waals surface area contributed by atoms with E-state index in [9.17, 15) is 14.7 Å². The van der Waals surface area contributed by atoms with E-state index in [2.05, 4.69) is 19.2 Å². The Morgan fingerprint density at radius 3 is 2.45 bits per heavy atom. The molecule has 1 aliphatic heterocycles. The molecule has 0 aromatic heterocycles. The van der Waals surface area contributed by atoms with Crippen LogP contribution in [0.25, 0.3) is 0 Å². The maximum Gasteiger partial charge on any atom is 0.317 e. The van der Waals surface area contributed by atoms with Crippen molar-refractivity contribution >= 4 is 12.0 Å². The summed E-state index contributed by atoms with van der Waals surface area (Å²) in [6.07, 6.45) is 4.09. The van der Waals surface area contributed by atoms with E-state index in [0.29, 0.717) is 38.4 Å². The number of carboxylic acid groups (broad SMARTS) is 1. The number of hydrogen-bond donors (Lipinski definition) is 2. The number of nitrogens with zero attached hydrogens (tertiary/aromatic N) is 1. The van der Waals surface area contributed by atoms with Gasteiger partial charge in [0, 0.05) is 19.6 Å². The van der Waals surface area contributed by atoms with Crippen LogP contribution < -0.4 is 5.32 Å². The zero-order valence-electron chi connectivity index (χ0n) is 12.9. The second-order valence-electron chi connectivity index (χ2n) is 5.83. The Labute approximate surface area is 121 Å². The van der Waals surface area contributed by atoms with E-state index in [0.717, 1.165) is 19.3 Å². The lowest BCUT2D eigenvalue weighted by Crippen LogP contribution is -2.52. The second kappa shape index (κ2) is 7.50. The lowest BCUT2D eigenvalue weighted by Gasteiger charge is -2.39. The van der Waals surface area contributed by atoms with E-state index in [4.69, 9.17) is 0 Å².